The van der Waals surface area contributed by atoms with Gasteiger partial charge in [0.2, 0.25) is 0 Å². The third-order valence-electron chi connectivity index (χ3n) is 1.44. The van der Waals surface area contributed by atoms with Gasteiger partial charge in [0.1, 0.15) is 17.4 Å². The molecule has 0 aliphatic carbocycles. The Kier molecular flexibility index (Phi) is 3.32. The third kappa shape index (κ3) is 2.38. The highest BCUT2D eigenvalue weighted by atomic mass is 35.5. The number of rotatable bonds is 3. The molecule has 0 radical (unpaired) electrons. The normalized spacial score (nSPS) is 9.14. The molecule has 1 aromatic rings. The monoisotopic (exact) mass is 211 g/mol. The second kappa shape index (κ2) is 4.49. The SMILES string of the molecule is C#CCOc1ccc(Cl)c([N+](=O)[O-])c1. The first-order valence-electron chi connectivity index (χ1n) is 3.65. The number of ether oxygens (including phenoxy) is 1. The van der Waals surface area contributed by atoms with Crippen molar-refractivity contribution in [3.63, 3.8) is 0 Å². The van der Waals surface area contributed by atoms with Gasteiger partial charge in [-0.05, 0) is 12.1 Å². The van der Waals surface area contributed by atoms with E-state index in [0.717, 1.165) is 0 Å². The first-order valence-corrected chi connectivity index (χ1v) is 4.03. The van der Waals surface area contributed by atoms with Crippen molar-refractivity contribution in [2.24, 2.45) is 0 Å². The molecule has 0 bridgehead atoms. The Labute approximate surface area is 85.6 Å². The number of nitro groups is 1. The summed E-state index contributed by atoms with van der Waals surface area (Å²) in [6.07, 6.45) is 4.97. The van der Waals surface area contributed by atoms with Crippen LogP contribution in [0, 0.1) is 22.5 Å². The molecule has 5 heteroatoms. The van der Waals surface area contributed by atoms with Gasteiger partial charge in [-0.15, -0.1) is 6.42 Å². The molecule has 0 spiro atoms. The fraction of sp³-hybridized carbons (Fsp3) is 0.111. The zero-order valence-electron chi connectivity index (χ0n) is 7.07. The highest BCUT2D eigenvalue weighted by Crippen LogP contribution is 2.28. The summed E-state index contributed by atoms with van der Waals surface area (Å²) in [6.45, 7) is 0.0682. The Hall–Kier alpha value is -1.73. The topological polar surface area (TPSA) is 52.4 Å². The summed E-state index contributed by atoms with van der Waals surface area (Å²) in [5, 5.41) is 10.5. The first-order chi connectivity index (χ1) is 6.65. The van der Waals surface area contributed by atoms with E-state index in [0.29, 0.717) is 5.75 Å². The lowest BCUT2D eigenvalue weighted by molar-refractivity contribution is -0.384. The average Bonchev–Trinajstić information content (AvgIpc) is 2.16. The molecule has 1 aromatic carbocycles. The van der Waals surface area contributed by atoms with E-state index >= 15 is 0 Å². The van der Waals surface area contributed by atoms with Gasteiger partial charge in [-0.25, -0.2) is 0 Å². The molecule has 0 amide bonds. The molecule has 0 aliphatic rings. The van der Waals surface area contributed by atoms with E-state index in [1.807, 2.05) is 0 Å². The van der Waals surface area contributed by atoms with Crippen molar-refractivity contribution in [2.75, 3.05) is 6.61 Å². The average molecular weight is 212 g/mol. The number of terminal acetylenes is 1. The van der Waals surface area contributed by atoms with Gasteiger partial charge in [0, 0.05) is 0 Å². The Balaban J connectivity index is 2.96. The smallest absolute Gasteiger partial charge is 0.291 e. The van der Waals surface area contributed by atoms with Gasteiger partial charge in [0.05, 0.1) is 11.0 Å². The van der Waals surface area contributed by atoms with Crippen molar-refractivity contribution in [2.45, 2.75) is 0 Å². The van der Waals surface area contributed by atoms with Crippen LogP contribution in [-0.4, -0.2) is 11.5 Å². The number of hydrogen-bond donors (Lipinski definition) is 0. The summed E-state index contributed by atoms with van der Waals surface area (Å²) in [6, 6.07) is 4.15. The lowest BCUT2D eigenvalue weighted by atomic mass is 10.3. The number of nitrogens with zero attached hydrogens (tertiary/aromatic N) is 1. The van der Waals surface area contributed by atoms with Gasteiger partial charge < -0.3 is 4.74 Å². The van der Waals surface area contributed by atoms with E-state index in [1.54, 1.807) is 0 Å². The van der Waals surface area contributed by atoms with E-state index in [1.165, 1.54) is 18.2 Å². The summed E-state index contributed by atoms with van der Waals surface area (Å²) in [7, 11) is 0. The number of benzene rings is 1. The quantitative estimate of drug-likeness (QED) is 0.438. The third-order valence-corrected chi connectivity index (χ3v) is 1.76. The Morgan fingerprint density at radius 1 is 1.64 bits per heavy atom. The van der Waals surface area contributed by atoms with Crippen LogP contribution in [0.2, 0.25) is 5.02 Å². The van der Waals surface area contributed by atoms with Crippen LogP contribution in [0.3, 0.4) is 0 Å². The van der Waals surface area contributed by atoms with Crippen LogP contribution in [0.15, 0.2) is 18.2 Å². The Morgan fingerprint density at radius 2 is 2.36 bits per heavy atom. The molecular weight excluding hydrogens is 206 g/mol. The van der Waals surface area contributed by atoms with E-state index < -0.39 is 4.92 Å². The van der Waals surface area contributed by atoms with Crippen LogP contribution in [-0.2, 0) is 0 Å². The maximum absolute atomic E-state index is 10.5. The van der Waals surface area contributed by atoms with Crippen molar-refractivity contribution in [1.29, 1.82) is 0 Å². The molecule has 14 heavy (non-hydrogen) atoms. The minimum absolute atomic E-state index is 0.0682. The van der Waals surface area contributed by atoms with E-state index in [2.05, 4.69) is 5.92 Å². The molecule has 0 saturated carbocycles. The van der Waals surface area contributed by atoms with Crippen LogP contribution in [0.25, 0.3) is 0 Å². The molecule has 0 aliphatic heterocycles. The largest absolute Gasteiger partial charge is 0.481 e. The molecule has 0 unspecified atom stereocenters. The van der Waals surface area contributed by atoms with Crippen molar-refractivity contribution in [3.05, 3.63) is 33.3 Å². The first kappa shape index (κ1) is 10.4. The van der Waals surface area contributed by atoms with E-state index in [-0.39, 0.29) is 17.3 Å². The number of nitro benzene ring substituents is 1. The lowest BCUT2D eigenvalue weighted by Crippen LogP contribution is -1.95. The maximum atomic E-state index is 10.5. The van der Waals surface area contributed by atoms with Gasteiger partial charge in [0.15, 0.2) is 0 Å². The summed E-state index contributed by atoms with van der Waals surface area (Å²) in [4.78, 5) is 9.89. The van der Waals surface area contributed by atoms with Crippen molar-refractivity contribution in [1.82, 2.24) is 0 Å². The van der Waals surface area contributed by atoms with E-state index in [9.17, 15) is 10.1 Å². The fourth-order valence-corrected chi connectivity index (χ4v) is 1.03. The predicted molar refractivity (Wildman–Crippen MR) is 52.4 cm³/mol. The summed E-state index contributed by atoms with van der Waals surface area (Å²) in [5.41, 5.74) is -0.193. The van der Waals surface area contributed by atoms with Crippen molar-refractivity contribution >= 4 is 17.3 Å². The van der Waals surface area contributed by atoms with Crippen molar-refractivity contribution < 1.29 is 9.66 Å². The minimum atomic E-state index is -0.578. The predicted octanol–water partition coefficient (Wildman–Crippen LogP) is 2.26. The second-order valence-corrected chi connectivity index (χ2v) is 2.77. The standard InChI is InChI=1S/C9H6ClNO3/c1-2-5-14-7-3-4-8(10)9(6-7)11(12)13/h1,3-4,6H,5H2. The van der Waals surface area contributed by atoms with E-state index in [4.69, 9.17) is 22.8 Å². The number of hydrogen-bond acceptors (Lipinski definition) is 3. The van der Waals surface area contributed by atoms with Crippen LogP contribution >= 0.6 is 11.6 Å². The van der Waals surface area contributed by atoms with Crippen LogP contribution in [0.4, 0.5) is 5.69 Å². The zero-order chi connectivity index (χ0) is 10.6. The molecule has 0 fully saturated rings. The molecular formula is C9H6ClNO3. The summed E-state index contributed by atoms with van der Waals surface area (Å²) < 4.78 is 5.00. The van der Waals surface area contributed by atoms with Gasteiger partial charge in [0.25, 0.3) is 5.69 Å². The maximum Gasteiger partial charge on any atom is 0.291 e. The van der Waals surface area contributed by atoms with Gasteiger partial charge in [-0.1, -0.05) is 17.5 Å². The highest BCUT2D eigenvalue weighted by Gasteiger charge is 2.12. The van der Waals surface area contributed by atoms with Crippen LogP contribution < -0.4 is 4.74 Å². The highest BCUT2D eigenvalue weighted by molar-refractivity contribution is 6.32. The van der Waals surface area contributed by atoms with Gasteiger partial charge in [-0.3, -0.25) is 10.1 Å². The molecule has 0 saturated heterocycles. The lowest BCUT2D eigenvalue weighted by Gasteiger charge is -2.01. The van der Waals surface area contributed by atoms with Crippen LogP contribution in [0.1, 0.15) is 0 Å². The minimum Gasteiger partial charge on any atom is -0.481 e. The molecule has 1 rings (SSSR count). The molecule has 0 atom stereocenters. The van der Waals surface area contributed by atoms with Gasteiger partial charge in [-0.2, -0.15) is 0 Å². The zero-order valence-corrected chi connectivity index (χ0v) is 7.82. The second-order valence-electron chi connectivity index (χ2n) is 2.36. The Morgan fingerprint density at radius 3 is 2.93 bits per heavy atom. The summed E-state index contributed by atoms with van der Waals surface area (Å²) >= 11 is 5.59. The molecule has 72 valence electrons. The fourth-order valence-electron chi connectivity index (χ4n) is 0.847. The molecule has 0 heterocycles. The van der Waals surface area contributed by atoms with Crippen molar-refractivity contribution in [3.8, 4) is 18.1 Å². The number of halogens is 1. The molecule has 0 N–H and O–H groups in total. The van der Waals surface area contributed by atoms with Gasteiger partial charge >= 0.3 is 0 Å². The Bertz CT molecular complexity index is 398. The molecule has 4 nitrogen and oxygen atoms in total. The summed E-state index contributed by atoms with van der Waals surface area (Å²) in [5.74, 6) is 2.59. The van der Waals surface area contributed by atoms with Crippen LogP contribution in [0.5, 0.6) is 5.75 Å². The molecule has 0 aromatic heterocycles.